The van der Waals surface area contributed by atoms with E-state index in [4.69, 9.17) is 21.4 Å². The molecule has 4 rings (SSSR count). The average molecular weight is 530 g/mol. The van der Waals surface area contributed by atoms with Gasteiger partial charge in [0.05, 0.1) is 23.9 Å². The molecule has 2 aromatic carbocycles. The van der Waals surface area contributed by atoms with E-state index < -0.39 is 41.9 Å². The molecule has 0 radical (unpaired) electrons. The van der Waals surface area contributed by atoms with Crippen LogP contribution in [-0.4, -0.2) is 68.4 Å². The fourth-order valence-corrected chi connectivity index (χ4v) is 4.20. The number of carbonyl (C=O) groups excluding carboxylic acids is 2. The molecule has 3 aromatic rings. The number of nitrogens with one attached hydrogen (secondary N) is 3. The number of aromatic hydroxyl groups is 1. The normalized spacial score (nSPS) is 17.0. The van der Waals surface area contributed by atoms with Gasteiger partial charge in [0.2, 0.25) is 11.8 Å². The lowest BCUT2D eigenvalue weighted by molar-refractivity contribution is -0.136. The molecular formula is C24H24ClN5O7. The first kappa shape index (κ1) is 25.8. The molecule has 0 spiro atoms. The number of carboxylic acids is 1. The molecule has 12 nitrogen and oxygen atoms in total. The van der Waals surface area contributed by atoms with Gasteiger partial charge in [0.1, 0.15) is 6.04 Å². The van der Waals surface area contributed by atoms with E-state index in [9.17, 15) is 24.3 Å². The van der Waals surface area contributed by atoms with E-state index in [-0.39, 0.29) is 24.0 Å². The summed E-state index contributed by atoms with van der Waals surface area (Å²) in [4.78, 5) is 52.9. The van der Waals surface area contributed by atoms with Gasteiger partial charge in [-0.2, -0.15) is 0 Å². The van der Waals surface area contributed by atoms with Crippen molar-refractivity contribution < 1.29 is 29.3 Å². The summed E-state index contributed by atoms with van der Waals surface area (Å²) >= 11 is 5.89. The van der Waals surface area contributed by atoms with E-state index in [2.05, 4.69) is 15.6 Å². The number of anilines is 2. The lowest BCUT2D eigenvalue weighted by Crippen LogP contribution is -2.45. The van der Waals surface area contributed by atoms with Crippen LogP contribution in [0.4, 0.5) is 16.2 Å². The number of benzene rings is 2. The van der Waals surface area contributed by atoms with Crippen LogP contribution in [0.1, 0.15) is 12.1 Å². The highest BCUT2D eigenvalue weighted by Gasteiger charge is 2.40. The molecule has 1 unspecified atom stereocenters. The lowest BCUT2D eigenvalue weighted by Gasteiger charge is -2.24. The van der Waals surface area contributed by atoms with Gasteiger partial charge >= 0.3 is 17.7 Å². The zero-order chi connectivity index (χ0) is 26.7. The van der Waals surface area contributed by atoms with Gasteiger partial charge in [0, 0.05) is 36.5 Å². The first-order valence-corrected chi connectivity index (χ1v) is 11.6. The van der Waals surface area contributed by atoms with Gasteiger partial charge in [-0.25, -0.2) is 14.2 Å². The minimum absolute atomic E-state index is 0.124. The van der Waals surface area contributed by atoms with Crippen LogP contribution in [0.3, 0.4) is 0 Å². The Bertz CT molecular complexity index is 1370. The molecule has 1 aromatic heterocycles. The van der Waals surface area contributed by atoms with E-state index in [1.807, 2.05) is 0 Å². The van der Waals surface area contributed by atoms with Gasteiger partial charge in [0.25, 0.3) is 0 Å². The van der Waals surface area contributed by atoms with Crippen LogP contribution in [0.5, 0.6) is 5.88 Å². The first-order valence-electron chi connectivity index (χ1n) is 11.2. The number of hydrogen-bond acceptors (Lipinski definition) is 6. The molecule has 0 bridgehead atoms. The van der Waals surface area contributed by atoms with Crippen LogP contribution < -0.4 is 16.3 Å². The largest absolute Gasteiger partial charge is 0.493 e. The fraction of sp³-hybridized carbons (Fsp3) is 0.250. The molecular weight excluding hydrogens is 506 g/mol. The fourth-order valence-electron chi connectivity index (χ4n) is 4.08. The Morgan fingerprint density at radius 1 is 1.08 bits per heavy atom. The number of halogens is 1. The van der Waals surface area contributed by atoms with Gasteiger partial charge in [-0.3, -0.25) is 9.59 Å². The number of rotatable bonds is 7. The zero-order valence-corrected chi connectivity index (χ0v) is 20.4. The minimum atomic E-state index is -1.21. The number of H-pyrrole nitrogens is 1. The topological polar surface area (TPSA) is 166 Å². The number of aromatic amines is 1. The molecule has 13 heteroatoms. The predicted molar refractivity (Wildman–Crippen MR) is 134 cm³/mol. The van der Waals surface area contributed by atoms with Crippen LogP contribution in [-0.2, 0) is 20.7 Å². The molecule has 1 saturated heterocycles. The molecule has 5 N–H and O–H groups in total. The summed E-state index contributed by atoms with van der Waals surface area (Å²) < 4.78 is 6.31. The van der Waals surface area contributed by atoms with Crippen molar-refractivity contribution in [2.45, 2.75) is 25.0 Å². The van der Waals surface area contributed by atoms with Gasteiger partial charge in [-0.05, 0) is 48.5 Å². The number of aromatic nitrogens is 2. The van der Waals surface area contributed by atoms with E-state index in [1.54, 1.807) is 24.3 Å². The number of urea groups is 1. The number of aliphatic carboxylic acids is 1. The maximum Gasteiger partial charge on any atom is 0.333 e. The number of methoxy groups -OCH3 is 1. The second-order valence-corrected chi connectivity index (χ2v) is 8.81. The standard InChI is InChI=1S/C24H24ClN5O7/c1-37-17-10-19(29(12-17)23(35)27-15-4-2-13(25)3-5-15)21(33)26-14-6-8-16(9-7-14)30-22(34)18(11-20(31)32)28-24(30)36/h2-9,17,19,34H,10-12H2,1H3,(H,26,33)(H,27,35)(H,28,36)(H,31,32)/t17?,19-/m1/s1. The lowest BCUT2D eigenvalue weighted by atomic mass is 10.1. The number of amides is 3. The quantitative estimate of drug-likeness (QED) is 0.313. The molecule has 1 aliphatic heterocycles. The highest BCUT2D eigenvalue weighted by Crippen LogP contribution is 2.25. The Labute approximate surface area is 215 Å². The Hall–Kier alpha value is -4.29. The van der Waals surface area contributed by atoms with Gasteiger partial charge in [-0.15, -0.1) is 0 Å². The monoisotopic (exact) mass is 529 g/mol. The van der Waals surface area contributed by atoms with E-state index in [1.165, 1.54) is 36.3 Å². The molecule has 3 amide bonds. The molecule has 1 fully saturated rings. The number of hydrogen-bond donors (Lipinski definition) is 5. The predicted octanol–water partition coefficient (Wildman–Crippen LogP) is 2.41. The van der Waals surface area contributed by atoms with Crippen molar-refractivity contribution >= 4 is 40.9 Å². The van der Waals surface area contributed by atoms with Crippen molar-refractivity contribution in [2.24, 2.45) is 0 Å². The summed E-state index contributed by atoms with van der Waals surface area (Å²) in [6.07, 6.45) is -0.570. The third-order valence-electron chi connectivity index (χ3n) is 5.92. The van der Waals surface area contributed by atoms with E-state index in [0.717, 1.165) is 4.57 Å². The maximum absolute atomic E-state index is 13.1. The second kappa shape index (κ2) is 10.8. The van der Waals surface area contributed by atoms with Crippen molar-refractivity contribution in [3.63, 3.8) is 0 Å². The Kier molecular flexibility index (Phi) is 7.50. The van der Waals surface area contributed by atoms with Gasteiger partial charge in [-0.1, -0.05) is 11.6 Å². The highest BCUT2D eigenvalue weighted by molar-refractivity contribution is 6.30. The van der Waals surface area contributed by atoms with Crippen molar-refractivity contribution in [1.82, 2.24) is 14.5 Å². The van der Waals surface area contributed by atoms with Crippen molar-refractivity contribution in [3.05, 3.63) is 69.7 Å². The molecule has 2 heterocycles. The molecule has 37 heavy (non-hydrogen) atoms. The third kappa shape index (κ3) is 5.76. The van der Waals surface area contributed by atoms with Crippen LogP contribution >= 0.6 is 11.6 Å². The van der Waals surface area contributed by atoms with E-state index >= 15 is 0 Å². The number of carboxylic acid groups (broad SMARTS) is 1. The molecule has 0 aliphatic carbocycles. The molecule has 2 atom stereocenters. The van der Waals surface area contributed by atoms with Crippen LogP contribution in [0.25, 0.3) is 5.69 Å². The first-order chi connectivity index (χ1) is 17.7. The van der Waals surface area contributed by atoms with Crippen LogP contribution in [0, 0.1) is 0 Å². The van der Waals surface area contributed by atoms with Crippen molar-refractivity contribution in [1.29, 1.82) is 0 Å². The summed E-state index contributed by atoms with van der Waals surface area (Å²) in [5, 5.41) is 25.2. The number of carbonyl (C=O) groups is 3. The number of imidazole rings is 1. The average Bonchev–Trinajstić information content (AvgIpc) is 3.42. The highest BCUT2D eigenvalue weighted by atomic mass is 35.5. The van der Waals surface area contributed by atoms with E-state index in [0.29, 0.717) is 22.8 Å². The number of likely N-dealkylation sites (tertiary alicyclic amines) is 1. The summed E-state index contributed by atoms with van der Waals surface area (Å²) in [5.74, 6) is -2.15. The Morgan fingerprint density at radius 3 is 2.32 bits per heavy atom. The number of ether oxygens (including phenoxy) is 1. The third-order valence-corrected chi connectivity index (χ3v) is 6.17. The summed E-state index contributed by atoms with van der Waals surface area (Å²) in [5.41, 5.74) is 0.351. The zero-order valence-electron chi connectivity index (χ0n) is 19.6. The number of nitrogens with zero attached hydrogens (tertiary/aromatic N) is 2. The summed E-state index contributed by atoms with van der Waals surface area (Å²) in [7, 11) is 1.51. The maximum atomic E-state index is 13.1. The molecule has 194 valence electrons. The van der Waals surface area contributed by atoms with Crippen LogP contribution in [0.15, 0.2) is 53.3 Å². The summed E-state index contributed by atoms with van der Waals surface area (Å²) in [6.45, 7) is 0.224. The Morgan fingerprint density at radius 2 is 1.70 bits per heavy atom. The van der Waals surface area contributed by atoms with Crippen molar-refractivity contribution in [3.8, 4) is 11.6 Å². The molecule has 1 aliphatic rings. The smallest absolute Gasteiger partial charge is 0.333 e. The van der Waals surface area contributed by atoms with Gasteiger partial charge < -0.3 is 35.5 Å². The van der Waals surface area contributed by atoms with Crippen molar-refractivity contribution in [2.75, 3.05) is 24.3 Å². The molecule has 0 saturated carbocycles. The van der Waals surface area contributed by atoms with Gasteiger partial charge in [0.15, 0.2) is 0 Å². The Balaban J connectivity index is 1.47. The second-order valence-electron chi connectivity index (χ2n) is 8.37. The van der Waals surface area contributed by atoms with Crippen LogP contribution in [0.2, 0.25) is 5.02 Å². The minimum Gasteiger partial charge on any atom is -0.493 e. The summed E-state index contributed by atoms with van der Waals surface area (Å²) in [6, 6.07) is 11.3. The SMILES string of the molecule is COC1C[C@H](C(=O)Nc2ccc(-n3c(O)c(CC(=O)O)[nH]c3=O)cc2)N(C(=O)Nc2ccc(Cl)cc2)C1.